The average molecular weight is 455 g/mol. The van der Waals surface area contributed by atoms with Crippen molar-refractivity contribution in [3.63, 3.8) is 0 Å². The van der Waals surface area contributed by atoms with Crippen LogP contribution < -0.4 is 5.32 Å². The number of amides is 1. The molecule has 0 atom stereocenters. The Bertz CT molecular complexity index is 1170. The summed E-state index contributed by atoms with van der Waals surface area (Å²) in [5, 5.41) is 6.76. The molecule has 2 aromatic carbocycles. The molecular formula is C22H19ClN4OS2. The number of nitrogens with zero attached hydrogens (tertiary/aromatic N) is 3. The first-order valence-corrected chi connectivity index (χ1v) is 11.5. The van der Waals surface area contributed by atoms with E-state index >= 15 is 0 Å². The van der Waals surface area contributed by atoms with Crippen molar-refractivity contribution in [3.05, 3.63) is 76.4 Å². The molecule has 152 valence electrons. The smallest absolute Gasteiger partial charge is 0.236 e. The maximum atomic E-state index is 12.4. The van der Waals surface area contributed by atoms with E-state index in [-0.39, 0.29) is 11.7 Å². The number of thiazole rings is 1. The van der Waals surface area contributed by atoms with Crippen molar-refractivity contribution >= 4 is 45.7 Å². The third kappa shape index (κ3) is 4.75. The Morgan fingerprint density at radius 1 is 1.13 bits per heavy atom. The molecule has 0 saturated carbocycles. The summed E-state index contributed by atoms with van der Waals surface area (Å²) in [6.45, 7) is 3.96. The number of benzene rings is 2. The van der Waals surface area contributed by atoms with E-state index in [4.69, 9.17) is 11.6 Å². The Hall–Kier alpha value is -2.61. The Labute approximate surface area is 188 Å². The van der Waals surface area contributed by atoms with Gasteiger partial charge in [0.2, 0.25) is 5.91 Å². The predicted octanol–water partition coefficient (Wildman–Crippen LogP) is 6.00. The van der Waals surface area contributed by atoms with E-state index in [2.05, 4.69) is 46.5 Å². The van der Waals surface area contributed by atoms with Crippen LogP contribution in [0.4, 0.5) is 5.13 Å². The maximum absolute atomic E-state index is 12.4. The third-order valence-electron chi connectivity index (χ3n) is 4.36. The van der Waals surface area contributed by atoms with Gasteiger partial charge in [-0.1, -0.05) is 53.2 Å². The minimum atomic E-state index is -0.114. The monoisotopic (exact) mass is 454 g/mol. The standard InChI is InChI=1S/C22H19ClN4OS2/c1-14-3-5-16(6-4-14)19-11-24-22(27(19)18-9-7-17(23)8-10-18)30-13-20(28)26-21-25-15(2)12-29-21/h3-12H,13H2,1-2H3,(H,25,26,28). The number of hydrogen-bond acceptors (Lipinski definition) is 5. The van der Waals surface area contributed by atoms with Crippen LogP contribution >= 0.6 is 34.7 Å². The number of aryl methyl sites for hydroxylation is 2. The van der Waals surface area contributed by atoms with Gasteiger partial charge in [0, 0.05) is 21.7 Å². The third-order valence-corrected chi connectivity index (χ3v) is 6.44. The van der Waals surface area contributed by atoms with E-state index in [1.54, 1.807) is 0 Å². The first-order chi connectivity index (χ1) is 14.5. The van der Waals surface area contributed by atoms with Gasteiger partial charge < -0.3 is 5.32 Å². The summed E-state index contributed by atoms with van der Waals surface area (Å²) in [6.07, 6.45) is 1.84. The summed E-state index contributed by atoms with van der Waals surface area (Å²) in [7, 11) is 0. The fraction of sp³-hybridized carbons (Fsp3) is 0.136. The summed E-state index contributed by atoms with van der Waals surface area (Å²) < 4.78 is 2.05. The summed E-state index contributed by atoms with van der Waals surface area (Å²) in [5.41, 5.74) is 5.03. The van der Waals surface area contributed by atoms with Crippen LogP contribution in [0.2, 0.25) is 5.02 Å². The highest BCUT2D eigenvalue weighted by Gasteiger charge is 2.16. The normalized spacial score (nSPS) is 10.9. The number of hydrogen-bond donors (Lipinski definition) is 1. The van der Waals surface area contributed by atoms with Crippen molar-refractivity contribution in [1.82, 2.24) is 14.5 Å². The quantitative estimate of drug-likeness (QED) is 0.363. The lowest BCUT2D eigenvalue weighted by molar-refractivity contribution is -0.113. The van der Waals surface area contributed by atoms with Gasteiger partial charge in [0.05, 0.1) is 23.3 Å². The van der Waals surface area contributed by atoms with Gasteiger partial charge >= 0.3 is 0 Å². The van der Waals surface area contributed by atoms with Crippen molar-refractivity contribution in [2.75, 3.05) is 11.1 Å². The second-order valence-corrected chi connectivity index (χ2v) is 8.97. The number of anilines is 1. The van der Waals surface area contributed by atoms with Gasteiger partial charge in [0.15, 0.2) is 10.3 Å². The molecule has 30 heavy (non-hydrogen) atoms. The van der Waals surface area contributed by atoms with E-state index in [1.165, 1.54) is 28.7 Å². The first-order valence-electron chi connectivity index (χ1n) is 9.25. The molecule has 4 rings (SSSR count). The number of aromatic nitrogens is 3. The minimum absolute atomic E-state index is 0.114. The molecule has 2 heterocycles. The lowest BCUT2D eigenvalue weighted by Crippen LogP contribution is -2.14. The fourth-order valence-corrected chi connectivity index (χ4v) is 4.52. The van der Waals surface area contributed by atoms with Gasteiger partial charge in [-0.3, -0.25) is 9.36 Å². The minimum Gasteiger partial charge on any atom is -0.301 e. The zero-order chi connectivity index (χ0) is 21.1. The summed E-state index contributed by atoms with van der Waals surface area (Å²) in [6, 6.07) is 15.9. The van der Waals surface area contributed by atoms with Gasteiger partial charge in [-0.2, -0.15) is 0 Å². The highest BCUT2D eigenvalue weighted by Crippen LogP contribution is 2.30. The molecule has 0 radical (unpaired) electrons. The van der Waals surface area contributed by atoms with Crippen molar-refractivity contribution in [3.8, 4) is 16.9 Å². The first kappa shape index (κ1) is 20.7. The molecule has 0 fully saturated rings. The second kappa shape index (κ2) is 9.04. The topological polar surface area (TPSA) is 59.8 Å². The number of carbonyl (C=O) groups excluding carboxylic acids is 1. The van der Waals surface area contributed by atoms with Crippen LogP contribution in [0.25, 0.3) is 16.9 Å². The lowest BCUT2D eigenvalue weighted by atomic mass is 10.1. The molecule has 1 amide bonds. The summed E-state index contributed by atoms with van der Waals surface area (Å²) >= 11 is 8.88. The van der Waals surface area contributed by atoms with Crippen LogP contribution in [0.1, 0.15) is 11.3 Å². The molecule has 0 aliphatic rings. The Morgan fingerprint density at radius 2 is 1.87 bits per heavy atom. The number of nitrogens with one attached hydrogen (secondary N) is 1. The van der Waals surface area contributed by atoms with Crippen LogP contribution in [0.3, 0.4) is 0 Å². The molecule has 0 saturated heterocycles. The molecule has 2 aromatic heterocycles. The van der Waals surface area contributed by atoms with Crippen LogP contribution in [0.5, 0.6) is 0 Å². The van der Waals surface area contributed by atoms with Crippen LogP contribution in [-0.2, 0) is 4.79 Å². The maximum Gasteiger partial charge on any atom is 0.236 e. The number of imidazole rings is 1. The SMILES string of the molecule is Cc1ccc(-c2cnc(SCC(=O)Nc3nc(C)cs3)n2-c2ccc(Cl)cc2)cc1. The Balaban J connectivity index is 1.61. The highest BCUT2D eigenvalue weighted by atomic mass is 35.5. The molecule has 0 spiro atoms. The van der Waals surface area contributed by atoms with Crippen molar-refractivity contribution in [2.45, 2.75) is 19.0 Å². The lowest BCUT2D eigenvalue weighted by Gasteiger charge is -2.12. The van der Waals surface area contributed by atoms with Crippen molar-refractivity contribution in [1.29, 1.82) is 0 Å². The van der Waals surface area contributed by atoms with Crippen LogP contribution in [-0.4, -0.2) is 26.2 Å². The molecule has 1 N–H and O–H groups in total. The van der Waals surface area contributed by atoms with Gasteiger partial charge in [0.1, 0.15) is 0 Å². The Kier molecular flexibility index (Phi) is 6.22. The predicted molar refractivity (Wildman–Crippen MR) is 125 cm³/mol. The summed E-state index contributed by atoms with van der Waals surface area (Å²) in [4.78, 5) is 21.3. The van der Waals surface area contributed by atoms with Crippen molar-refractivity contribution in [2.24, 2.45) is 0 Å². The van der Waals surface area contributed by atoms with E-state index in [0.29, 0.717) is 10.2 Å². The number of carbonyl (C=O) groups is 1. The zero-order valence-corrected chi connectivity index (χ0v) is 18.8. The molecule has 4 aromatic rings. The summed E-state index contributed by atoms with van der Waals surface area (Å²) in [5.74, 6) is 0.119. The fourth-order valence-electron chi connectivity index (χ4n) is 2.90. The molecular weight excluding hydrogens is 436 g/mol. The average Bonchev–Trinajstić information content (AvgIpc) is 3.34. The van der Waals surface area contributed by atoms with E-state index in [1.807, 2.05) is 47.3 Å². The van der Waals surface area contributed by atoms with Crippen molar-refractivity contribution < 1.29 is 4.79 Å². The van der Waals surface area contributed by atoms with Gasteiger partial charge in [-0.15, -0.1) is 11.3 Å². The molecule has 0 bridgehead atoms. The van der Waals surface area contributed by atoms with Gasteiger partial charge in [-0.05, 0) is 38.1 Å². The molecule has 0 aliphatic carbocycles. The van der Waals surface area contributed by atoms with Crippen LogP contribution in [0.15, 0.2) is 65.3 Å². The molecule has 8 heteroatoms. The Morgan fingerprint density at radius 3 is 2.53 bits per heavy atom. The van der Waals surface area contributed by atoms with Gasteiger partial charge in [0.25, 0.3) is 0 Å². The zero-order valence-electron chi connectivity index (χ0n) is 16.4. The largest absolute Gasteiger partial charge is 0.301 e. The van der Waals surface area contributed by atoms with E-state index in [0.717, 1.165) is 27.8 Å². The van der Waals surface area contributed by atoms with Gasteiger partial charge in [-0.25, -0.2) is 9.97 Å². The number of halogens is 1. The van der Waals surface area contributed by atoms with Crippen LogP contribution in [0, 0.1) is 13.8 Å². The highest BCUT2D eigenvalue weighted by molar-refractivity contribution is 7.99. The molecule has 0 aliphatic heterocycles. The number of thioether (sulfide) groups is 1. The molecule has 0 unspecified atom stereocenters. The second-order valence-electron chi connectivity index (χ2n) is 6.73. The van der Waals surface area contributed by atoms with E-state index < -0.39 is 0 Å². The molecule has 5 nitrogen and oxygen atoms in total. The van der Waals surface area contributed by atoms with E-state index in [9.17, 15) is 4.79 Å². The number of rotatable bonds is 6.